The molecule has 0 radical (unpaired) electrons. The fourth-order valence-electron chi connectivity index (χ4n) is 3.62. The number of alkyl halides is 1. The number of rotatable bonds is 5. The molecule has 1 fully saturated rings. The van der Waals surface area contributed by atoms with Gasteiger partial charge in [0.05, 0.1) is 17.4 Å². The lowest BCUT2D eigenvalue weighted by Gasteiger charge is -2.45. The maximum absolute atomic E-state index is 13.6. The van der Waals surface area contributed by atoms with Crippen LogP contribution in [0.3, 0.4) is 0 Å². The van der Waals surface area contributed by atoms with Crippen molar-refractivity contribution in [1.82, 2.24) is 19.9 Å². The lowest BCUT2D eigenvalue weighted by Crippen LogP contribution is -2.63. The second-order valence-corrected chi connectivity index (χ2v) is 6.99. The van der Waals surface area contributed by atoms with Crippen molar-refractivity contribution in [2.75, 3.05) is 6.61 Å². The van der Waals surface area contributed by atoms with Crippen LogP contribution in [0, 0.1) is 0 Å². The Morgan fingerprint density at radius 3 is 2.92 bits per heavy atom. The third-order valence-electron chi connectivity index (χ3n) is 4.69. The Bertz CT molecular complexity index is 901. The van der Waals surface area contributed by atoms with Crippen LogP contribution in [0.25, 0.3) is 16.9 Å². The van der Waals surface area contributed by atoms with E-state index >= 15 is 0 Å². The average molecular weight is 340 g/mol. The summed E-state index contributed by atoms with van der Waals surface area (Å²) in [4.78, 5) is 4.26. The number of nitrogens with one attached hydrogen (secondary N) is 1. The molecular weight excluding hydrogens is 319 g/mol. The summed E-state index contributed by atoms with van der Waals surface area (Å²) in [6, 6.07) is 9.82. The second-order valence-electron chi connectivity index (χ2n) is 6.99. The Labute approximate surface area is 145 Å². The highest BCUT2D eigenvalue weighted by molar-refractivity contribution is 5.64. The summed E-state index contributed by atoms with van der Waals surface area (Å²) in [5.74, 6) is 0.597. The molecular formula is C19H21FN4O. The summed E-state index contributed by atoms with van der Waals surface area (Å²) < 4.78 is 21.2. The third kappa shape index (κ3) is 2.98. The number of ether oxygens (including phenoxy) is 1. The molecule has 3 aromatic rings. The van der Waals surface area contributed by atoms with E-state index in [0.29, 0.717) is 24.0 Å². The standard InChI is InChI=1S/C19H21FN4O/c1-13-10-19(2,23-13)12-25-17-4-3-14(9-15(17)11-20)16-5-7-21-18-6-8-22-24(16)18/h3-9,13,23H,10-12H2,1-2H3/t13?,19-/m0/s1. The first-order chi connectivity index (χ1) is 12.1. The van der Waals surface area contributed by atoms with Crippen molar-refractivity contribution < 1.29 is 9.13 Å². The van der Waals surface area contributed by atoms with Crippen LogP contribution in [0.15, 0.2) is 42.7 Å². The highest BCUT2D eigenvalue weighted by atomic mass is 19.1. The minimum absolute atomic E-state index is 0.0298. The van der Waals surface area contributed by atoms with E-state index in [9.17, 15) is 4.39 Å². The molecule has 1 aliphatic rings. The smallest absolute Gasteiger partial charge is 0.155 e. The summed E-state index contributed by atoms with van der Waals surface area (Å²) in [5.41, 5.74) is 3.04. The van der Waals surface area contributed by atoms with E-state index < -0.39 is 6.67 Å². The van der Waals surface area contributed by atoms with Crippen LogP contribution >= 0.6 is 0 Å². The largest absolute Gasteiger partial charge is 0.491 e. The molecule has 1 aromatic carbocycles. The van der Waals surface area contributed by atoms with Crippen LogP contribution in [0.5, 0.6) is 5.75 Å². The molecule has 1 saturated heterocycles. The van der Waals surface area contributed by atoms with Crippen molar-refractivity contribution in [2.24, 2.45) is 0 Å². The average Bonchev–Trinajstić information content (AvgIpc) is 3.07. The van der Waals surface area contributed by atoms with E-state index in [0.717, 1.165) is 23.3 Å². The molecule has 0 aliphatic carbocycles. The minimum Gasteiger partial charge on any atom is -0.491 e. The zero-order valence-corrected chi connectivity index (χ0v) is 14.4. The number of hydrogen-bond acceptors (Lipinski definition) is 4. The first-order valence-electron chi connectivity index (χ1n) is 8.46. The molecule has 4 rings (SSSR count). The molecule has 130 valence electrons. The van der Waals surface area contributed by atoms with E-state index in [1.807, 2.05) is 30.3 Å². The Kier molecular flexibility index (Phi) is 3.92. The molecule has 5 nitrogen and oxygen atoms in total. The molecule has 6 heteroatoms. The van der Waals surface area contributed by atoms with Gasteiger partial charge in [0.15, 0.2) is 5.65 Å². The predicted molar refractivity (Wildman–Crippen MR) is 94.3 cm³/mol. The van der Waals surface area contributed by atoms with Gasteiger partial charge in [0.25, 0.3) is 0 Å². The Balaban J connectivity index is 1.60. The number of fused-ring (bicyclic) bond motifs is 1. The first kappa shape index (κ1) is 16.0. The quantitative estimate of drug-likeness (QED) is 0.773. The molecule has 1 N–H and O–H groups in total. The van der Waals surface area contributed by atoms with Gasteiger partial charge in [-0.3, -0.25) is 0 Å². The highest BCUT2D eigenvalue weighted by Gasteiger charge is 2.37. The van der Waals surface area contributed by atoms with Crippen LogP contribution < -0.4 is 10.1 Å². The Morgan fingerprint density at radius 2 is 2.16 bits per heavy atom. The summed E-state index contributed by atoms with van der Waals surface area (Å²) >= 11 is 0. The molecule has 3 heterocycles. The number of nitrogens with zero attached hydrogens (tertiary/aromatic N) is 3. The van der Waals surface area contributed by atoms with Crippen molar-refractivity contribution in [3.8, 4) is 17.0 Å². The molecule has 2 atom stereocenters. The minimum atomic E-state index is -0.572. The van der Waals surface area contributed by atoms with E-state index in [1.54, 1.807) is 16.9 Å². The topological polar surface area (TPSA) is 51.5 Å². The molecule has 0 amide bonds. The van der Waals surface area contributed by atoms with Gasteiger partial charge in [0.2, 0.25) is 0 Å². The fourth-order valence-corrected chi connectivity index (χ4v) is 3.62. The zero-order chi connectivity index (χ0) is 17.4. The third-order valence-corrected chi connectivity index (χ3v) is 4.69. The summed E-state index contributed by atoms with van der Waals surface area (Å²) in [6.07, 6.45) is 4.49. The van der Waals surface area contributed by atoms with E-state index in [2.05, 4.69) is 29.2 Å². The zero-order valence-electron chi connectivity index (χ0n) is 14.4. The van der Waals surface area contributed by atoms with E-state index in [1.165, 1.54) is 0 Å². The van der Waals surface area contributed by atoms with Crippen LogP contribution in [0.2, 0.25) is 0 Å². The predicted octanol–water partition coefficient (Wildman–Crippen LogP) is 3.39. The molecule has 0 spiro atoms. The van der Waals surface area contributed by atoms with Crippen LogP contribution in [-0.2, 0) is 6.67 Å². The van der Waals surface area contributed by atoms with Gasteiger partial charge < -0.3 is 10.1 Å². The van der Waals surface area contributed by atoms with Crippen molar-refractivity contribution in [3.63, 3.8) is 0 Å². The van der Waals surface area contributed by atoms with Gasteiger partial charge in [0, 0.05) is 29.4 Å². The normalized spacial score (nSPS) is 22.8. The number of hydrogen-bond donors (Lipinski definition) is 1. The Morgan fingerprint density at radius 1 is 1.32 bits per heavy atom. The van der Waals surface area contributed by atoms with Gasteiger partial charge in [0.1, 0.15) is 19.0 Å². The Hall–Kier alpha value is -2.47. The maximum Gasteiger partial charge on any atom is 0.155 e. The highest BCUT2D eigenvalue weighted by Crippen LogP contribution is 2.30. The van der Waals surface area contributed by atoms with Crippen molar-refractivity contribution in [1.29, 1.82) is 0 Å². The van der Waals surface area contributed by atoms with Gasteiger partial charge in [-0.25, -0.2) is 13.9 Å². The number of benzene rings is 1. The summed E-state index contributed by atoms with van der Waals surface area (Å²) in [7, 11) is 0. The van der Waals surface area contributed by atoms with Gasteiger partial charge in [-0.05, 0) is 44.5 Å². The summed E-state index contributed by atoms with van der Waals surface area (Å²) in [5, 5.41) is 7.73. The van der Waals surface area contributed by atoms with Gasteiger partial charge in [-0.1, -0.05) is 0 Å². The number of halogens is 1. The van der Waals surface area contributed by atoms with Gasteiger partial charge in [-0.15, -0.1) is 0 Å². The molecule has 0 bridgehead atoms. The molecule has 0 saturated carbocycles. The molecule has 1 aliphatic heterocycles. The van der Waals surface area contributed by atoms with Crippen molar-refractivity contribution >= 4 is 5.65 Å². The second kappa shape index (κ2) is 6.11. The van der Waals surface area contributed by atoms with Crippen LogP contribution in [0.1, 0.15) is 25.8 Å². The fraction of sp³-hybridized carbons (Fsp3) is 0.368. The SMILES string of the molecule is CC1C[C@@](C)(COc2ccc(-c3ccnc4ccnn34)cc2CF)N1. The van der Waals surface area contributed by atoms with Crippen LogP contribution in [0.4, 0.5) is 4.39 Å². The van der Waals surface area contributed by atoms with E-state index in [4.69, 9.17) is 4.74 Å². The molecule has 25 heavy (non-hydrogen) atoms. The van der Waals surface area contributed by atoms with Gasteiger partial charge >= 0.3 is 0 Å². The maximum atomic E-state index is 13.6. The number of aromatic nitrogens is 3. The molecule has 1 unspecified atom stereocenters. The van der Waals surface area contributed by atoms with E-state index in [-0.39, 0.29) is 5.54 Å². The lowest BCUT2D eigenvalue weighted by molar-refractivity contribution is 0.0943. The van der Waals surface area contributed by atoms with Crippen molar-refractivity contribution in [2.45, 2.75) is 38.5 Å². The monoisotopic (exact) mass is 340 g/mol. The molecule has 2 aromatic heterocycles. The summed E-state index contributed by atoms with van der Waals surface area (Å²) in [6.45, 7) is 4.23. The first-order valence-corrected chi connectivity index (χ1v) is 8.46. The van der Waals surface area contributed by atoms with Crippen LogP contribution in [-0.4, -0.2) is 32.8 Å². The van der Waals surface area contributed by atoms with Crippen molar-refractivity contribution in [3.05, 3.63) is 48.3 Å². The lowest BCUT2D eigenvalue weighted by atomic mass is 9.85. The van der Waals surface area contributed by atoms with Gasteiger partial charge in [-0.2, -0.15) is 5.10 Å².